The van der Waals surface area contributed by atoms with Crippen molar-refractivity contribution >= 4 is 18.0 Å². The van der Waals surface area contributed by atoms with E-state index in [2.05, 4.69) is 5.32 Å². The van der Waals surface area contributed by atoms with E-state index in [1.807, 2.05) is 48.5 Å². The van der Waals surface area contributed by atoms with Crippen molar-refractivity contribution in [2.24, 2.45) is 0 Å². The number of ether oxygens (including phenoxy) is 1. The first-order valence-corrected chi connectivity index (χ1v) is 11.1. The van der Waals surface area contributed by atoms with Crippen molar-refractivity contribution in [1.82, 2.24) is 10.6 Å². The molecule has 2 aromatic rings. The highest BCUT2D eigenvalue weighted by atomic mass is 19.4. The van der Waals surface area contributed by atoms with Gasteiger partial charge in [0.25, 0.3) is 0 Å². The van der Waals surface area contributed by atoms with Crippen molar-refractivity contribution in [1.29, 1.82) is 0 Å². The lowest BCUT2D eigenvalue weighted by Gasteiger charge is -2.28. The zero-order chi connectivity index (χ0) is 25.8. The molecule has 3 rings (SSSR count). The van der Waals surface area contributed by atoms with E-state index in [4.69, 9.17) is 9.84 Å². The number of alkyl carbamates (subject to hydrolysis) is 1. The Morgan fingerprint density at radius 3 is 2.06 bits per heavy atom. The van der Waals surface area contributed by atoms with Crippen molar-refractivity contribution in [2.45, 2.75) is 56.8 Å². The van der Waals surface area contributed by atoms with Crippen LogP contribution in [0.2, 0.25) is 0 Å². The van der Waals surface area contributed by atoms with Gasteiger partial charge in [-0.1, -0.05) is 48.5 Å². The number of alkyl halides is 3. The van der Waals surface area contributed by atoms with E-state index in [-0.39, 0.29) is 25.4 Å². The highest BCUT2D eigenvalue weighted by Gasteiger charge is 2.43. The van der Waals surface area contributed by atoms with Gasteiger partial charge in [-0.3, -0.25) is 9.59 Å². The molecular weight excluding hydrogens is 465 g/mol. The Bertz CT molecular complexity index is 1060. The molecule has 0 aromatic heterocycles. The average Bonchev–Trinajstić information content (AvgIpc) is 3.09. The first-order valence-electron chi connectivity index (χ1n) is 11.1. The number of hydrogen-bond acceptors (Lipinski definition) is 4. The summed E-state index contributed by atoms with van der Waals surface area (Å²) in [6, 6.07) is 12.6. The van der Waals surface area contributed by atoms with Crippen molar-refractivity contribution in [3.8, 4) is 11.1 Å². The molecule has 1 unspecified atom stereocenters. The molecule has 0 saturated carbocycles. The molecule has 0 heterocycles. The van der Waals surface area contributed by atoms with Crippen LogP contribution in [0, 0.1) is 0 Å². The van der Waals surface area contributed by atoms with Crippen molar-refractivity contribution < 1.29 is 37.4 Å². The maximum atomic E-state index is 13.5. The topological polar surface area (TPSA) is 105 Å². The molecule has 7 nitrogen and oxygen atoms in total. The third-order valence-corrected chi connectivity index (χ3v) is 5.86. The molecule has 1 atom stereocenters. The van der Waals surface area contributed by atoms with Crippen LogP contribution in [0.25, 0.3) is 11.1 Å². The lowest BCUT2D eigenvalue weighted by molar-refractivity contribution is -0.160. The van der Waals surface area contributed by atoms with Gasteiger partial charge in [0.05, 0.1) is 6.42 Å². The number of nitrogens with one attached hydrogen (secondary N) is 2. The monoisotopic (exact) mass is 492 g/mol. The number of halogens is 3. The van der Waals surface area contributed by atoms with Gasteiger partial charge in [-0.05, 0) is 42.5 Å². The average molecular weight is 492 g/mol. The number of hydrogen-bond donors (Lipinski definition) is 3. The van der Waals surface area contributed by atoms with E-state index in [0.29, 0.717) is 0 Å². The molecule has 2 aromatic carbocycles. The third-order valence-electron chi connectivity index (χ3n) is 5.86. The van der Waals surface area contributed by atoms with Gasteiger partial charge in [0.1, 0.15) is 12.6 Å². The molecule has 0 radical (unpaired) electrons. The van der Waals surface area contributed by atoms with Gasteiger partial charge in [0, 0.05) is 17.9 Å². The summed E-state index contributed by atoms with van der Waals surface area (Å²) in [7, 11) is 0. The van der Waals surface area contributed by atoms with Crippen LogP contribution in [0.5, 0.6) is 0 Å². The standard InChI is InChI=1S/C25H27F3N2O5/c1-24(2,12-11-22(32)33)30-21(31)13-20(25(26,27)28)29-23(34)35-14-19-17-9-5-3-7-15(17)16-8-4-6-10-18(16)19/h3-10,19-20H,11-14H2,1-2H3,(H,29,34)(H,30,31)(H,32,33). The van der Waals surface area contributed by atoms with Crippen LogP contribution < -0.4 is 10.6 Å². The molecule has 188 valence electrons. The van der Waals surface area contributed by atoms with E-state index in [0.717, 1.165) is 22.3 Å². The molecule has 35 heavy (non-hydrogen) atoms. The van der Waals surface area contributed by atoms with Crippen LogP contribution >= 0.6 is 0 Å². The minimum Gasteiger partial charge on any atom is -0.481 e. The lowest BCUT2D eigenvalue weighted by Crippen LogP contribution is -2.51. The number of carboxylic acid groups (broad SMARTS) is 1. The minimum atomic E-state index is -4.89. The Hall–Kier alpha value is -3.56. The lowest BCUT2D eigenvalue weighted by atomic mass is 9.98. The predicted molar refractivity (Wildman–Crippen MR) is 122 cm³/mol. The van der Waals surface area contributed by atoms with E-state index >= 15 is 0 Å². The molecule has 0 spiro atoms. The van der Waals surface area contributed by atoms with Crippen molar-refractivity contribution in [2.75, 3.05) is 6.61 Å². The first kappa shape index (κ1) is 26.1. The number of aliphatic carboxylic acids is 1. The molecule has 0 saturated heterocycles. The molecular formula is C25H27F3N2O5. The fourth-order valence-corrected chi connectivity index (χ4v) is 4.13. The van der Waals surface area contributed by atoms with E-state index in [1.165, 1.54) is 13.8 Å². The van der Waals surface area contributed by atoms with Crippen molar-refractivity contribution in [3.63, 3.8) is 0 Å². The van der Waals surface area contributed by atoms with Crippen LogP contribution in [-0.4, -0.2) is 47.4 Å². The van der Waals surface area contributed by atoms with E-state index < -0.39 is 42.1 Å². The Balaban J connectivity index is 1.62. The minimum absolute atomic E-state index is 0.0323. The van der Waals surface area contributed by atoms with Crippen LogP contribution in [0.3, 0.4) is 0 Å². The maximum Gasteiger partial charge on any atom is 0.409 e. The third kappa shape index (κ3) is 6.74. The van der Waals surface area contributed by atoms with Gasteiger partial charge in [-0.25, -0.2) is 4.79 Å². The molecule has 1 aliphatic carbocycles. The molecule has 0 aliphatic heterocycles. The number of carbonyl (C=O) groups excluding carboxylic acids is 2. The van der Waals surface area contributed by atoms with Crippen LogP contribution in [0.4, 0.5) is 18.0 Å². The van der Waals surface area contributed by atoms with Gasteiger partial charge in [-0.2, -0.15) is 13.2 Å². The normalized spacial score (nSPS) is 14.0. The van der Waals surface area contributed by atoms with Gasteiger partial charge in [-0.15, -0.1) is 0 Å². The quantitative estimate of drug-likeness (QED) is 0.474. The summed E-state index contributed by atoms with van der Waals surface area (Å²) in [4.78, 5) is 35.3. The zero-order valence-electron chi connectivity index (χ0n) is 19.3. The summed E-state index contributed by atoms with van der Waals surface area (Å²) in [5.41, 5.74) is 2.75. The predicted octanol–water partition coefficient (Wildman–Crippen LogP) is 4.61. The van der Waals surface area contributed by atoms with Crippen LogP contribution in [0.1, 0.15) is 50.2 Å². The number of rotatable bonds is 9. The molecule has 10 heteroatoms. The second kappa shape index (κ2) is 10.4. The zero-order valence-corrected chi connectivity index (χ0v) is 19.3. The Labute approximate surface area is 200 Å². The highest BCUT2D eigenvalue weighted by molar-refractivity contribution is 5.80. The molecule has 3 N–H and O–H groups in total. The maximum absolute atomic E-state index is 13.5. The first-order chi connectivity index (χ1) is 16.4. The Morgan fingerprint density at radius 2 is 1.54 bits per heavy atom. The van der Waals surface area contributed by atoms with Crippen LogP contribution in [-0.2, 0) is 14.3 Å². The molecule has 1 aliphatic rings. The van der Waals surface area contributed by atoms with Crippen LogP contribution in [0.15, 0.2) is 48.5 Å². The summed E-state index contributed by atoms with van der Waals surface area (Å²) in [6.45, 7) is 2.85. The molecule has 0 bridgehead atoms. The highest BCUT2D eigenvalue weighted by Crippen LogP contribution is 2.44. The summed E-state index contributed by atoms with van der Waals surface area (Å²) in [5.74, 6) is -2.38. The second-order valence-corrected chi connectivity index (χ2v) is 9.09. The summed E-state index contributed by atoms with van der Waals surface area (Å²) in [5, 5.41) is 12.9. The van der Waals surface area contributed by atoms with Gasteiger partial charge >= 0.3 is 18.2 Å². The summed E-state index contributed by atoms with van der Waals surface area (Å²) in [6.07, 6.45) is -7.47. The van der Waals surface area contributed by atoms with E-state index in [1.54, 1.807) is 5.32 Å². The number of fused-ring (bicyclic) bond motifs is 3. The SMILES string of the molecule is CC(C)(CCC(=O)O)NC(=O)CC(NC(=O)OCC1c2ccccc2-c2ccccc21)C(F)(F)F. The molecule has 2 amide bonds. The number of amides is 2. The Morgan fingerprint density at radius 1 is 1.00 bits per heavy atom. The fourth-order valence-electron chi connectivity index (χ4n) is 4.13. The fraction of sp³-hybridized carbons (Fsp3) is 0.400. The number of carbonyl (C=O) groups is 3. The summed E-state index contributed by atoms with van der Waals surface area (Å²) < 4.78 is 45.8. The number of benzene rings is 2. The summed E-state index contributed by atoms with van der Waals surface area (Å²) >= 11 is 0. The van der Waals surface area contributed by atoms with Gasteiger partial charge < -0.3 is 20.5 Å². The van der Waals surface area contributed by atoms with Gasteiger partial charge in [0.2, 0.25) is 5.91 Å². The van der Waals surface area contributed by atoms with Crippen molar-refractivity contribution in [3.05, 3.63) is 59.7 Å². The number of carboxylic acids is 1. The Kier molecular flexibility index (Phi) is 7.72. The molecule has 0 fully saturated rings. The van der Waals surface area contributed by atoms with E-state index in [9.17, 15) is 27.6 Å². The largest absolute Gasteiger partial charge is 0.481 e. The van der Waals surface area contributed by atoms with Gasteiger partial charge in [0.15, 0.2) is 0 Å². The second-order valence-electron chi connectivity index (χ2n) is 9.09. The smallest absolute Gasteiger partial charge is 0.409 e.